The lowest BCUT2D eigenvalue weighted by Crippen LogP contribution is -2.42. The number of hydrogen-bond donors (Lipinski definition) is 1. The normalized spacial score (nSPS) is 15.9. The molecule has 0 fully saturated rings. The Morgan fingerprint density at radius 3 is 2.36 bits per heavy atom. The molecule has 1 unspecified atom stereocenters. The highest BCUT2D eigenvalue weighted by atomic mass is 32.2. The average molecular weight is 475 g/mol. The summed E-state index contributed by atoms with van der Waals surface area (Å²) in [4.78, 5) is 25.8. The number of hydrogen-bond acceptors (Lipinski definition) is 3. The van der Waals surface area contributed by atoms with E-state index in [4.69, 9.17) is 5.11 Å². The molecule has 9 heteroatoms. The van der Waals surface area contributed by atoms with E-state index in [-0.39, 0.29) is 34.7 Å². The van der Waals surface area contributed by atoms with Crippen molar-refractivity contribution in [2.45, 2.75) is 29.3 Å². The minimum Gasteiger partial charge on any atom is -0.478 e. The van der Waals surface area contributed by atoms with Gasteiger partial charge >= 0.3 is 12.1 Å². The third-order valence-electron chi connectivity index (χ3n) is 5.31. The molecule has 1 aliphatic rings. The fourth-order valence-corrected chi connectivity index (χ4v) is 4.97. The van der Waals surface area contributed by atoms with Crippen molar-refractivity contribution in [2.24, 2.45) is 0 Å². The summed E-state index contributed by atoms with van der Waals surface area (Å²) in [5.41, 5.74) is 0.0173. The van der Waals surface area contributed by atoms with Crippen molar-refractivity contribution in [3.05, 3.63) is 94.8 Å². The minimum atomic E-state index is -4.60. The number of thioether (sulfide) groups is 1. The van der Waals surface area contributed by atoms with Crippen LogP contribution in [-0.2, 0) is 23.9 Å². The highest BCUT2D eigenvalue weighted by Gasteiger charge is 2.38. The molecule has 1 heterocycles. The molecule has 0 saturated carbocycles. The summed E-state index contributed by atoms with van der Waals surface area (Å²) in [5.74, 6) is -2.10. The number of carbonyl (C=O) groups is 2. The number of carboxylic acids is 1. The summed E-state index contributed by atoms with van der Waals surface area (Å²) in [7, 11) is 0. The van der Waals surface area contributed by atoms with Crippen LogP contribution in [-0.4, -0.2) is 22.2 Å². The maximum atomic E-state index is 14.6. The van der Waals surface area contributed by atoms with Crippen LogP contribution < -0.4 is 4.90 Å². The number of nitrogens with zero attached hydrogens (tertiary/aromatic N) is 1. The molecule has 1 N–H and O–H groups in total. The van der Waals surface area contributed by atoms with E-state index in [0.717, 1.165) is 17.8 Å². The van der Waals surface area contributed by atoms with Gasteiger partial charge in [0.1, 0.15) is 5.82 Å². The predicted molar refractivity (Wildman–Crippen MR) is 116 cm³/mol. The number of rotatable bonds is 5. The van der Waals surface area contributed by atoms with Crippen molar-refractivity contribution in [1.29, 1.82) is 0 Å². The Bertz CT molecular complexity index is 1210. The molecule has 3 aromatic rings. The molecule has 0 radical (unpaired) electrons. The highest BCUT2D eigenvalue weighted by Crippen LogP contribution is 2.43. The van der Waals surface area contributed by atoms with E-state index in [1.165, 1.54) is 53.4 Å². The molecular weight excluding hydrogens is 458 g/mol. The Balaban J connectivity index is 1.69. The SMILES string of the molecule is O=C(O)c1ccc(CC2Sc3c(F)cccc3N(Cc3ccccc3C(F)(F)F)C2=O)cc1. The van der Waals surface area contributed by atoms with Crippen molar-refractivity contribution >= 4 is 29.3 Å². The first-order valence-corrected chi connectivity index (χ1v) is 10.8. The van der Waals surface area contributed by atoms with Gasteiger partial charge in [-0.15, -0.1) is 11.8 Å². The van der Waals surface area contributed by atoms with Gasteiger partial charge in [0.15, 0.2) is 0 Å². The second-order valence-corrected chi connectivity index (χ2v) is 8.69. The number of alkyl halides is 3. The van der Waals surface area contributed by atoms with E-state index >= 15 is 0 Å². The van der Waals surface area contributed by atoms with Gasteiger partial charge in [-0.05, 0) is 47.9 Å². The quantitative estimate of drug-likeness (QED) is 0.475. The summed E-state index contributed by atoms with van der Waals surface area (Å²) in [6.07, 6.45) is -4.44. The van der Waals surface area contributed by atoms with Crippen LogP contribution in [0.5, 0.6) is 0 Å². The topological polar surface area (TPSA) is 57.6 Å². The van der Waals surface area contributed by atoms with Crippen LogP contribution in [0.15, 0.2) is 71.6 Å². The van der Waals surface area contributed by atoms with Crippen molar-refractivity contribution in [3.8, 4) is 0 Å². The van der Waals surface area contributed by atoms with Crippen LogP contribution in [0.2, 0.25) is 0 Å². The summed E-state index contributed by atoms with van der Waals surface area (Å²) in [6.45, 7) is -0.361. The molecule has 0 aliphatic carbocycles. The van der Waals surface area contributed by atoms with Crippen LogP contribution >= 0.6 is 11.8 Å². The Morgan fingerprint density at radius 2 is 1.70 bits per heavy atom. The number of fused-ring (bicyclic) bond motifs is 1. The summed E-state index contributed by atoms with van der Waals surface area (Å²) in [5, 5.41) is 8.26. The van der Waals surface area contributed by atoms with Gasteiger partial charge < -0.3 is 10.0 Å². The molecular formula is C24H17F4NO3S. The lowest BCUT2D eigenvalue weighted by molar-refractivity contribution is -0.138. The van der Waals surface area contributed by atoms with Crippen molar-refractivity contribution in [2.75, 3.05) is 4.90 Å². The largest absolute Gasteiger partial charge is 0.478 e. The Hall–Kier alpha value is -3.33. The number of anilines is 1. The summed E-state index contributed by atoms with van der Waals surface area (Å²) < 4.78 is 55.1. The molecule has 1 aliphatic heterocycles. The third-order valence-corrected chi connectivity index (χ3v) is 6.60. The molecule has 3 aromatic carbocycles. The fourth-order valence-electron chi connectivity index (χ4n) is 3.71. The lowest BCUT2D eigenvalue weighted by atomic mass is 10.0. The zero-order valence-corrected chi connectivity index (χ0v) is 17.8. The second-order valence-electron chi connectivity index (χ2n) is 7.48. The number of carbonyl (C=O) groups excluding carboxylic acids is 1. The van der Waals surface area contributed by atoms with E-state index in [9.17, 15) is 27.2 Å². The van der Waals surface area contributed by atoms with Crippen LogP contribution in [0, 0.1) is 5.82 Å². The van der Waals surface area contributed by atoms with E-state index in [0.29, 0.717) is 5.56 Å². The van der Waals surface area contributed by atoms with E-state index < -0.39 is 34.7 Å². The standard InChI is InChI=1S/C24H17F4NO3S/c25-18-6-3-7-19-21(18)33-20(12-14-8-10-15(11-9-14)23(31)32)22(30)29(19)13-16-4-1-2-5-17(16)24(26,27)28/h1-11,20H,12-13H2,(H,31,32). The predicted octanol–water partition coefficient (Wildman–Crippen LogP) is 5.79. The lowest BCUT2D eigenvalue weighted by Gasteiger charge is -2.34. The number of benzene rings is 3. The second kappa shape index (κ2) is 8.90. The van der Waals surface area contributed by atoms with Gasteiger partial charge in [0.05, 0.1) is 33.5 Å². The number of amides is 1. The van der Waals surface area contributed by atoms with Crippen LogP contribution in [0.25, 0.3) is 0 Å². The average Bonchev–Trinajstić information content (AvgIpc) is 2.77. The van der Waals surface area contributed by atoms with E-state index in [1.807, 2.05) is 0 Å². The molecule has 170 valence electrons. The number of aromatic carboxylic acids is 1. The van der Waals surface area contributed by atoms with E-state index in [2.05, 4.69) is 0 Å². The highest BCUT2D eigenvalue weighted by molar-refractivity contribution is 8.01. The summed E-state index contributed by atoms with van der Waals surface area (Å²) in [6, 6.07) is 15.1. The number of halogens is 4. The molecule has 4 nitrogen and oxygen atoms in total. The molecule has 1 atom stereocenters. The third kappa shape index (κ3) is 4.73. The Morgan fingerprint density at radius 1 is 1.00 bits per heavy atom. The van der Waals surface area contributed by atoms with Gasteiger partial charge in [-0.2, -0.15) is 13.2 Å². The molecule has 0 aromatic heterocycles. The van der Waals surface area contributed by atoms with Crippen LogP contribution in [0.4, 0.5) is 23.2 Å². The van der Waals surface area contributed by atoms with Gasteiger partial charge in [0.25, 0.3) is 0 Å². The first-order chi connectivity index (χ1) is 15.6. The van der Waals surface area contributed by atoms with Gasteiger partial charge in [0.2, 0.25) is 5.91 Å². The van der Waals surface area contributed by atoms with Crippen LogP contribution in [0.3, 0.4) is 0 Å². The Kier molecular flexibility index (Phi) is 6.16. The molecule has 1 amide bonds. The molecule has 33 heavy (non-hydrogen) atoms. The molecule has 4 rings (SSSR count). The van der Waals surface area contributed by atoms with Crippen molar-refractivity contribution < 1.29 is 32.3 Å². The minimum absolute atomic E-state index is 0.0862. The monoisotopic (exact) mass is 475 g/mol. The van der Waals surface area contributed by atoms with Crippen molar-refractivity contribution in [1.82, 2.24) is 0 Å². The maximum Gasteiger partial charge on any atom is 0.416 e. The molecule has 0 saturated heterocycles. The van der Waals surface area contributed by atoms with Crippen LogP contribution in [0.1, 0.15) is 27.0 Å². The van der Waals surface area contributed by atoms with Gasteiger partial charge in [-0.3, -0.25) is 4.79 Å². The zero-order valence-electron chi connectivity index (χ0n) is 17.0. The van der Waals surface area contributed by atoms with E-state index in [1.54, 1.807) is 12.1 Å². The van der Waals surface area contributed by atoms with Gasteiger partial charge in [-0.1, -0.05) is 36.4 Å². The maximum absolute atomic E-state index is 14.6. The number of carboxylic acid groups (broad SMARTS) is 1. The Labute approximate surface area is 190 Å². The molecule has 0 bridgehead atoms. The smallest absolute Gasteiger partial charge is 0.416 e. The summed E-state index contributed by atoms with van der Waals surface area (Å²) >= 11 is 1.02. The fraction of sp³-hybridized carbons (Fsp3) is 0.167. The first-order valence-electron chi connectivity index (χ1n) is 9.89. The zero-order chi connectivity index (χ0) is 23.8. The van der Waals surface area contributed by atoms with Gasteiger partial charge in [-0.25, -0.2) is 9.18 Å². The first kappa shape index (κ1) is 22.8. The van der Waals surface area contributed by atoms with Gasteiger partial charge in [0, 0.05) is 0 Å². The molecule has 0 spiro atoms. The van der Waals surface area contributed by atoms with Crippen molar-refractivity contribution in [3.63, 3.8) is 0 Å².